The van der Waals surface area contributed by atoms with Gasteiger partial charge in [-0.25, -0.2) is 0 Å². The van der Waals surface area contributed by atoms with Crippen LogP contribution in [-0.4, -0.2) is 36.4 Å². The number of hydrogen-bond donors (Lipinski definition) is 2. The molecule has 0 saturated heterocycles. The lowest BCUT2D eigenvalue weighted by Gasteiger charge is -2.15. The molecule has 9 heteroatoms. The fourth-order valence-electron chi connectivity index (χ4n) is 2.41. The molecule has 1 heterocycles. The van der Waals surface area contributed by atoms with E-state index in [9.17, 15) is 18.0 Å². The maximum absolute atomic E-state index is 13.0. The maximum atomic E-state index is 13.0. The normalized spacial score (nSPS) is 14.3. The monoisotopic (exact) mass is 369 g/mol. The number of benzene rings is 1. The first-order valence-electron chi connectivity index (χ1n) is 8.08. The lowest BCUT2D eigenvalue weighted by atomic mass is 10.1. The summed E-state index contributed by atoms with van der Waals surface area (Å²) in [6.07, 6.45) is -2.46. The van der Waals surface area contributed by atoms with Crippen molar-refractivity contribution in [3.63, 3.8) is 0 Å². The highest BCUT2D eigenvalue weighted by Crippen LogP contribution is 2.39. The number of carbonyl (C=O) groups excluding carboxylic acids is 1. The van der Waals surface area contributed by atoms with Crippen LogP contribution in [0.5, 0.6) is 5.75 Å². The Kier molecular flexibility index (Phi) is 5.17. The molecule has 0 atom stereocenters. The molecule has 1 aliphatic rings. The number of carbonyl (C=O) groups is 1. The first-order chi connectivity index (χ1) is 12.4. The van der Waals surface area contributed by atoms with E-state index in [0.717, 1.165) is 30.7 Å². The molecule has 6 nitrogen and oxygen atoms in total. The van der Waals surface area contributed by atoms with Gasteiger partial charge in [-0.15, -0.1) is 0 Å². The van der Waals surface area contributed by atoms with Gasteiger partial charge in [0, 0.05) is 18.7 Å². The number of nitrogens with zero attached hydrogens (tertiary/aromatic N) is 1. The molecule has 1 aromatic heterocycles. The van der Waals surface area contributed by atoms with E-state index in [1.54, 1.807) is 6.07 Å². The van der Waals surface area contributed by atoms with Crippen LogP contribution in [0.4, 0.5) is 18.9 Å². The van der Waals surface area contributed by atoms with Gasteiger partial charge in [0.2, 0.25) is 0 Å². The molecule has 2 N–H and O–H groups in total. The predicted octanol–water partition coefficient (Wildman–Crippen LogP) is 3.58. The molecule has 0 aliphatic heterocycles. The molecule has 1 aromatic carbocycles. The molecule has 1 aliphatic carbocycles. The Morgan fingerprint density at radius 2 is 2.08 bits per heavy atom. The topological polar surface area (TPSA) is 76.2 Å². The third-order valence-corrected chi connectivity index (χ3v) is 3.95. The summed E-state index contributed by atoms with van der Waals surface area (Å²) in [6, 6.07) is 4.53. The van der Waals surface area contributed by atoms with Crippen molar-refractivity contribution in [2.75, 3.05) is 25.6 Å². The zero-order chi connectivity index (χ0) is 18.7. The summed E-state index contributed by atoms with van der Waals surface area (Å²) in [4.78, 5) is 12.4. The number of hydrogen-bond acceptors (Lipinski definition) is 4. The zero-order valence-electron chi connectivity index (χ0n) is 14.0. The van der Waals surface area contributed by atoms with Gasteiger partial charge in [-0.05, 0) is 37.1 Å². The van der Waals surface area contributed by atoms with Gasteiger partial charge in [0.25, 0.3) is 5.91 Å². The fraction of sp³-hybridized carbons (Fsp3) is 0.412. The SMILES string of the molecule is COCCOc1ccc(C(F)(F)F)cc1NC(=O)c1cc(C2CC2)[nH]n1. The van der Waals surface area contributed by atoms with Gasteiger partial charge in [-0.3, -0.25) is 9.89 Å². The van der Waals surface area contributed by atoms with Crippen LogP contribution in [0.3, 0.4) is 0 Å². The molecule has 0 radical (unpaired) electrons. The van der Waals surface area contributed by atoms with E-state index in [-0.39, 0.29) is 30.3 Å². The summed E-state index contributed by atoms with van der Waals surface area (Å²) in [5, 5.41) is 9.17. The highest BCUT2D eigenvalue weighted by molar-refractivity contribution is 6.03. The Morgan fingerprint density at radius 1 is 1.31 bits per heavy atom. The molecular formula is C17H18F3N3O3. The number of aromatic nitrogens is 2. The van der Waals surface area contributed by atoms with Crippen LogP contribution in [0.1, 0.15) is 40.5 Å². The highest BCUT2D eigenvalue weighted by Gasteiger charge is 2.32. The van der Waals surface area contributed by atoms with E-state index in [4.69, 9.17) is 9.47 Å². The summed E-state index contributed by atoms with van der Waals surface area (Å²) in [5.41, 5.74) is 0.0207. The molecule has 0 bridgehead atoms. The lowest BCUT2D eigenvalue weighted by Crippen LogP contribution is -2.15. The second-order valence-electron chi connectivity index (χ2n) is 5.99. The van der Waals surface area contributed by atoms with Gasteiger partial charge in [-0.1, -0.05) is 0 Å². The molecule has 1 amide bonds. The molecule has 26 heavy (non-hydrogen) atoms. The predicted molar refractivity (Wildman–Crippen MR) is 87.3 cm³/mol. The Balaban J connectivity index is 1.80. The summed E-state index contributed by atoms with van der Waals surface area (Å²) < 4.78 is 49.2. The zero-order valence-corrected chi connectivity index (χ0v) is 14.0. The quantitative estimate of drug-likeness (QED) is 0.732. The number of methoxy groups -OCH3 is 1. The number of rotatable bonds is 7. The van der Waals surface area contributed by atoms with Crippen LogP contribution in [-0.2, 0) is 10.9 Å². The van der Waals surface area contributed by atoms with Crippen molar-refractivity contribution < 1.29 is 27.4 Å². The third kappa shape index (κ3) is 4.34. The largest absolute Gasteiger partial charge is 0.489 e. The second-order valence-corrected chi connectivity index (χ2v) is 5.99. The smallest absolute Gasteiger partial charge is 0.416 e. The van der Waals surface area contributed by atoms with Gasteiger partial charge in [0.1, 0.15) is 12.4 Å². The number of halogens is 3. The Labute approximate surface area is 147 Å². The number of nitrogens with one attached hydrogen (secondary N) is 2. The minimum atomic E-state index is -4.53. The molecule has 1 saturated carbocycles. The van der Waals surface area contributed by atoms with E-state index >= 15 is 0 Å². The summed E-state index contributed by atoms with van der Waals surface area (Å²) in [7, 11) is 1.48. The van der Waals surface area contributed by atoms with Crippen LogP contribution < -0.4 is 10.1 Å². The van der Waals surface area contributed by atoms with Crippen molar-refractivity contribution in [3.05, 3.63) is 41.2 Å². The first-order valence-corrected chi connectivity index (χ1v) is 8.08. The third-order valence-electron chi connectivity index (χ3n) is 3.95. The lowest BCUT2D eigenvalue weighted by molar-refractivity contribution is -0.137. The number of amides is 1. The Morgan fingerprint density at radius 3 is 2.73 bits per heavy atom. The number of alkyl halides is 3. The maximum Gasteiger partial charge on any atom is 0.416 e. The summed E-state index contributed by atoms with van der Waals surface area (Å²) in [6.45, 7) is 0.400. The molecule has 1 fully saturated rings. The average molecular weight is 369 g/mol. The first kappa shape index (κ1) is 18.2. The molecular weight excluding hydrogens is 351 g/mol. The minimum Gasteiger partial charge on any atom is -0.489 e. The summed E-state index contributed by atoms with van der Waals surface area (Å²) >= 11 is 0. The standard InChI is InChI=1S/C17H18F3N3O3/c1-25-6-7-26-15-5-4-11(17(18,19)20)8-13(15)21-16(24)14-9-12(22-23-14)10-2-3-10/h4-5,8-10H,2-3,6-7H2,1H3,(H,21,24)(H,22,23). The summed E-state index contributed by atoms with van der Waals surface area (Å²) in [5.74, 6) is -0.101. The van der Waals surface area contributed by atoms with E-state index in [2.05, 4.69) is 15.5 Å². The van der Waals surface area contributed by atoms with Gasteiger partial charge < -0.3 is 14.8 Å². The van der Waals surface area contributed by atoms with E-state index < -0.39 is 17.6 Å². The van der Waals surface area contributed by atoms with Crippen molar-refractivity contribution in [1.29, 1.82) is 0 Å². The van der Waals surface area contributed by atoms with E-state index in [0.29, 0.717) is 5.92 Å². The van der Waals surface area contributed by atoms with Crippen LogP contribution in [0.15, 0.2) is 24.3 Å². The van der Waals surface area contributed by atoms with Gasteiger partial charge in [-0.2, -0.15) is 18.3 Å². The number of anilines is 1. The molecule has 3 rings (SSSR count). The van der Waals surface area contributed by atoms with Gasteiger partial charge >= 0.3 is 6.18 Å². The van der Waals surface area contributed by atoms with Crippen molar-refractivity contribution in [2.45, 2.75) is 24.9 Å². The van der Waals surface area contributed by atoms with Crippen LogP contribution >= 0.6 is 0 Å². The van der Waals surface area contributed by atoms with Crippen molar-refractivity contribution >= 4 is 11.6 Å². The molecule has 140 valence electrons. The van der Waals surface area contributed by atoms with Crippen LogP contribution in [0, 0.1) is 0 Å². The number of ether oxygens (including phenoxy) is 2. The van der Waals surface area contributed by atoms with Gasteiger partial charge in [0.15, 0.2) is 5.69 Å². The molecule has 0 spiro atoms. The second kappa shape index (κ2) is 7.36. The van der Waals surface area contributed by atoms with Crippen LogP contribution in [0.2, 0.25) is 0 Å². The van der Waals surface area contributed by atoms with Gasteiger partial charge in [0.05, 0.1) is 17.9 Å². The minimum absolute atomic E-state index is 0.0723. The van der Waals surface area contributed by atoms with Crippen molar-refractivity contribution in [3.8, 4) is 5.75 Å². The van der Waals surface area contributed by atoms with Crippen LogP contribution in [0.25, 0.3) is 0 Å². The Hall–Kier alpha value is -2.55. The van der Waals surface area contributed by atoms with E-state index in [1.807, 2.05) is 0 Å². The Bertz CT molecular complexity index is 785. The molecule has 2 aromatic rings. The highest BCUT2D eigenvalue weighted by atomic mass is 19.4. The fourth-order valence-corrected chi connectivity index (χ4v) is 2.41. The average Bonchev–Trinajstić information content (AvgIpc) is 3.32. The molecule has 0 unspecified atom stereocenters. The number of aromatic amines is 1. The van der Waals surface area contributed by atoms with E-state index in [1.165, 1.54) is 13.2 Å². The van der Waals surface area contributed by atoms with Crippen molar-refractivity contribution in [1.82, 2.24) is 10.2 Å². The van der Waals surface area contributed by atoms with Crippen molar-refractivity contribution in [2.24, 2.45) is 0 Å². The number of H-pyrrole nitrogens is 1.